The molecule has 5 rings (SSSR count). The van der Waals surface area contributed by atoms with E-state index in [9.17, 15) is 22.8 Å². The van der Waals surface area contributed by atoms with E-state index in [1.54, 1.807) is 4.90 Å². The van der Waals surface area contributed by atoms with Gasteiger partial charge in [-0.2, -0.15) is 5.11 Å². The molecule has 35 heavy (non-hydrogen) atoms. The Labute approximate surface area is 206 Å². The molecule has 0 aromatic heterocycles. The van der Waals surface area contributed by atoms with Crippen LogP contribution in [0.4, 0.5) is 18.0 Å². The number of likely N-dealkylation sites (tertiary alicyclic amines) is 2. The van der Waals surface area contributed by atoms with Gasteiger partial charge in [0.15, 0.2) is 0 Å². The van der Waals surface area contributed by atoms with Crippen LogP contribution in [0.5, 0.6) is 0 Å². The first-order valence-corrected chi connectivity index (χ1v) is 12.8. The number of ether oxygens (including phenoxy) is 2. The molecule has 1 N–H and O–H groups in total. The number of hydrogen-bond donors (Lipinski definition) is 1. The van der Waals surface area contributed by atoms with E-state index >= 15 is 0 Å². The summed E-state index contributed by atoms with van der Waals surface area (Å²) in [6, 6.07) is 0.335. The molecule has 0 spiro atoms. The average Bonchev–Trinajstić information content (AvgIpc) is 3.49. The second-order valence-corrected chi connectivity index (χ2v) is 11.2. The van der Waals surface area contributed by atoms with Crippen molar-refractivity contribution in [2.24, 2.45) is 34.0 Å². The summed E-state index contributed by atoms with van der Waals surface area (Å²) < 4.78 is 47.3. The Morgan fingerprint density at radius 1 is 1.00 bits per heavy atom. The van der Waals surface area contributed by atoms with Crippen LogP contribution in [0.1, 0.15) is 38.5 Å². The first kappa shape index (κ1) is 24.9. The van der Waals surface area contributed by atoms with Crippen molar-refractivity contribution in [3.05, 3.63) is 0 Å². The summed E-state index contributed by atoms with van der Waals surface area (Å²) in [5.41, 5.74) is 3.01. The molecule has 2 saturated carbocycles. The lowest BCUT2D eigenvalue weighted by Crippen LogP contribution is -2.44. The van der Waals surface area contributed by atoms with E-state index in [4.69, 9.17) is 16.3 Å². The molecule has 8 unspecified atom stereocenters. The molecule has 2 saturated heterocycles. The lowest BCUT2D eigenvalue weighted by atomic mass is 9.82. The molecule has 0 aromatic rings. The van der Waals surface area contributed by atoms with Crippen LogP contribution >= 0.6 is 11.6 Å². The standard InChI is InChI=1S/C22H31ClF3N5O4/c23-16-3-12(4-17(6-16)35-22(24,25)26)11-34-21(33)31-9-14-7-30(8-15(14)10-31)20(32)13-1-2-18-19(5-13)28-29-27-18/h12-19H,1-11H2,(H,27,28). The zero-order chi connectivity index (χ0) is 24.7. The summed E-state index contributed by atoms with van der Waals surface area (Å²) in [6.45, 7) is 2.32. The quantitative estimate of drug-likeness (QED) is 0.573. The fraction of sp³-hybridized carbons (Fsp3) is 0.909. The molecule has 8 atom stereocenters. The molecule has 2 amide bonds. The van der Waals surface area contributed by atoms with Crippen LogP contribution in [0.3, 0.4) is 0 Å². The van der Waals surface area contributed by atoms with Gasteiger partial charge in [0, 0.05) is 49.3 Å². The van der Waals surface area contributed by atoms with E-state index < -0.39 is 23.9 Å². The summed E-state index contributed by atoms with van der Waals surface area (Å²) in [5.74, 6) is 0.318. The third-order valence-electron chi connectivity index (χ3n) is 8.10. The number of carbonyl (C=O) groups excluding carboxylic acids is 2. The van der Waals surface area contributed by atoms with Crippen molar-refractivity contribution < 1.29 is 32.2 Å². The van der Waals surface area contributed by atoms with Crippen LogP contribution in [0.15, 0.2) is 10.3 Å². The van der Waals surface area contributed by atoms with Crippen molar-refractivity contribution in [3.63, 3.8) is 0 Å². The maximum Gasteiger partial charge on any atom is 0.522 e. The summed E-state index contributed by atoms with van der Waals surface area (Å²) in [5, 5.41) is 7.62. The van der Waals surface area contributed by atoms with E-state index in [-0.39, 0.29) is 61.1 Å². The SMILES string of the molecule is O=C(OCC1CC(Cl)CC(OC(F)(F)F)C1)N1CC2CN(C(=O)C3CCC4N=NNC4C3)CC2C1. The monoisotopic (exact) mass is 521 g/mol. The molecular formula is C22H31ClF3N5O4. The van der Waals surface area contributed by atoms with E-state index in [0.29, 0.717) is 32.6 Å². The maximum absolute atomic E-state index is 13.1. The predicted octanol–water partition coefficient (Wildman–Crippen LogP) is 3.33. The lowest BCUT2D eigenvalue weighted by molar-refractivity contribution is -0.346. The molecule has 3 aliphatic heterocycles. The van der Waals surface area contributed by atoms with Crippen LogP contribution in [-0.2, 0) is 14.3 Å². The molecule has 9 nitrogen and oxygen atoms in total. The highest BCUT2D eigenvalue weighted by Gasteiger charge is 2.46. The van der Waals surface area contributed by atoms with E-state index in [1.807, 2.05) is 4.90 Å². The highest BCUT2D eigenvalue weighted by Crippen LogP contribution is 2.37. The van der Waals surface area contributed by atoms with Crippen molar-refractivity contribution in [2.75, 3.05) is 32.8 Å². The second-order valence-electron chi connectivity index (χ2n) is 10.6. The number of amides is 2. The van der Waals surface area contributed by atoms with Gasteiger partial charge in [-0.05, 0) is 44.4 Å². The van der Waals surface area contributed by atoms with Crippen molar-refractivity contribution >= 4 is 23.6 Å². The van der Waals surface area contributed by atoms with Crippen molar-refractivity contribution in [1.82, 2.24) is 15.2 Å². The summed E-state index contributed by atoms with van der Waals surface area (Å²) >= 11 is 6.12. The number of halogens is 4. The van der Waals surface area contributed by atoms with E-state index in [1.165, 1.54) is 0 Å². The summed E-state index contributed by atoms with van der Waals surface area (Å²) in [7, 11) is 0. The average molecular weight is 522 g/mol. The van der Waals surface area contributed by atoms with Gasteiger partial charge in [-0.1, -0.05) is 5.22 Å². The Morgan fingerprint density at radius 3 is 2.43 bits per heavy atom. The van der Waals surface area contributed by atoms with Gasteiger partial charge < -0.3 is 14.5 Å². The van der Waals surface area contributed by atoms with Crippen LogP contribution in [0, 0.1) is 23.7 Å². The molecule has 196 valence electrons. The van der Waals surface area contributed by atoms with Gasteiger partial charge in [0.25, 0.3) is 0 Å². The Balaban J connectivity index is 1.05. The van der Waals surface area contributed by atoms with Gasteiger partial charge in [-0.25, -0.2) is 4.79 Å². The Hall–Kier alpha value is -1.82. The number of rotatable bonds is 4. The van der Waals surface area contributed by atoms with Crippen LogP contribution in [-0.4, -0.2) is 84.5 Å². The maximum atomic E-state index is 13.1. The third kappa shape index (κ3) is 5.79. The normalized spacial score (nSPS) is 38.7. The lowest BCUT2D eigenvalue weighted by Gasteiger charge is -2.32. The minimum Gasteiger partial charge on any atom is -0.449 e. The van der Waals surface area contributed by atoms with Gasteiger partial charge in [0.1, 0.15) is 0 Å². The second kappa shape index (κ2) is 9.91. The molecule has 0 aromatic carbocycles. The molecule has 2 aliphatic carbocycles. The van der Waals surface area contributed by atoms with Crippen LogP contribution in [0.2, 0.25) is 0 Å². The van der Waals surface area contributed by atoms with Gasteiger partial charge in [-0.3, -0.25) is 15.0 Å². The van der Waals surface area contributed by atoms with Crippen molar-refractivity contribution in [1.29, 1.82) is 0 Å². The number of fused-ring (bicyclic) bond motifs is 2. The van der Waals surface area contributed by atoms with Gasteiger partial charge in [0.2, 0.25) is 5.91 Å². The first-order valence-electron chi connectivity index (χ1n) is 12.4. The largest absolute Gasteiger partial charge is 0.522 e. The smallest absolute Gasteiger partial charge is 0.449 e. The minimum absolute atomic E-state index is 0.0152. The van der Waals surface area contributed by atoms with Gasteiger partial charge in [0.05, 0.1) is 24.8 Å². The fourth-order valence-corrected chi connectivity index (χ4v) is 6.88. The van der Waals surface area contributed by atoms with Gasteiger partial charge in [-0.15, -0.1) is 24.8 Å². The van der Waals surface area contributed by atoms with Crippen molar-refractivity contribution in [2.45, 2.75) is 68.5 Å². The first-order chi connectivity index (χ1) is 16.6. The number of hydrogen-bond acceptors (Lipinski definition) is 7. The zero-order valence-electron chi connectivity index (χ0n) is 19.3. The molecule has 3 heterocycles. The molecule has 0 radical (unpaired) electrons. The molecular weight excluding hydrogens is 491 g/mol. The molecule has 4 fully saturated rings. The number of alkyl halides is 4. The number of nitrogens with zero attached hydrogens (tertiary/aromatic N) is 4. The van der Waals surface area contributed by atoms with Crippen LogP contribution in [0.25, 0.3) is 0 Å². The number of nitrogens with one attached hydrogen (secondary N) is 1. The molecule has 5 aliphatic rings. The Kier molecular flexibility index (Phi) is 7.04. The fourth-order valence-electron chi connectivity index (χ4n) is 6.43. The Morgan fingerprint density at radius 2 is 1.71 bits per heavy atom. The molecule has 13 heteroatoms. The van der Waals surface area contributed by atoms with Crippen LogP contribution < -0.4 is 5.43 Å². The highest BCUT2D eigenvalue weighted by atomic mass is 35.5. The minimum atomic E-state index is -4.71. The predicted molar refractivity (Wildman–Crippen MR) is 117 cm³/mol. The van der Waals surface area contributed by atoms with Crippen molar-refractivity contribution in [3.8, 4) is 0 Å². The highest BCUT2D eigenvalue weighted by molar-refractivity contribution is 6.20. The summed E-state index contributed by atoms with van der Waals surface area (Å²) in [4.78, 5) is 29.3. The third-order valence-corrected chi connectivity index (χ3v) is 8.45. The number of carbonyl (C=O) groups is 2. The summed E-state index contributed by atoms with van der Waals surface area (Å²) in [6.07, 6.45) is -2.99. The topological polar surface area (TPSA) is 95.8 Å². The van der Waals surface area contributed by atoms with Gasteiger partial charge >= 0.3 is 12.5 Å². The Bertz CT molecular complexity index is 834. The molecule has 0 bridgehead atoms. The zero-order valence-corrected chi connectivity index (χ0v) is 20.1. The van der Waals surface area contributed by atoms with E-state index in [2.05, 4.69) is 20.5 Å². The van der Waals surface area contributed by atoms with E-state index in [0.717, 1.165) is 19.3 Å².